The van der Waals surface area contributed by atoms with Crippen LogP contribution in [0.25, 0.3) is 0 Å². The van der Waals surface area contributed by atoms with E-state index in [2.05, 4.69) is 18.8 Å². The second-order valence-electron chi connectivity index (χ2n) is 5.16. The molecule has 0 aromatic heterocycles. The summed E-state index contributed by atoms with van der Waals surface area (Å²) in [6.07, 6.45) is 3.08. The van der Waals surface area contributed by atoms with Crippen LogP contribution in [0.4, 0.5) is 0 Å². The average molecular weight is 226 g/mol. The fraction of sp³-hybridized carbons (Fsp3) is 0.857. The third-order valence-corrected chi connectivity index (χ3v) is 3.43. The van der Waals surface area contributed by atoms with E-state index < -0.39 is 17.1 Å². The molecule has 0 aromatic rings. The molecule has 0 heterocycles. The van der Waals surface area contributed by atoms with Crippen molar-refractivity contribution in [3.05, 3.63) is 0 Å². The van der Waals surface area contributed by atoms with Gasteiger partial charge in [0, 0.05) is 0 Å². The topological polar surface area (TPSA) is 40.5 Å². The van der Waals surface area contributed by atoms with Gasteiger partial charge in [-0.05, 0) is 34.1 Å². The number of aliphatic hydroxyl groups is 2. The van der Waals surface area contributed by atoms with E-state index >= 15 is 0 Å². The van der Waals surface area contributed by atoms with E-state index in [0.717, 1.165) is 19.3 Å². The van der Waals surface area contributed by atoms with Gasteiger partial charge in [-0.2, -0.15) is 0 Å². The van der Waals surface area contributed by atoms with Crippen LogP contribution in [0.3, 0.4) is 0 Å². The van der Waals surface area contributed by atoms with E-state index in [1.165, 1.54) is 0 Å². The molecule has 0 spiro atoms. The lowest BCUT2D eigenvalue weighted by Gasteiger charge is -2.40. The Balaban J connectivity index is 4.55. The highest BCUT2D eigenvalue weighted by molar-refractivity contribution is 5.15. The molecule has 2 unspecified atom stereocenters. The summed E-state index contributed by atoms with van der Waals surface area (Å²) in [6, 6.07) is 0. The first-order valence-electron chi connectivity index (χ1n) is 6.14. The first-order valence-corrected chi connectivity index (χ1v) is 6.14. The van der Waals surface area contributed by atoms with E-state index in [1.807, 2.05) is 13.8 Å². The minimum Gasteiger partial charge on any atom is -0.390 e. The normalized spacial score (nSPS) is 17.2. The average Bonchev–Trinajstić information content (AvgIpc) is 2.17. The lowest BCUT2D eigenvalue weighted by Crippen LogP contribution is -2.50. The fourth-order valence-corrected chi connectivity index (χ4v) is 1.72. The van der Waals surface area contributed by atoms with Gasteiger partial charge < -0.3 is 10.2 Å². The Hall–Kier alpha value is -0.520. The summed E-state index contributed by atoms with van der Waals surface area (Å²) in [5, 5.41) is 20.4. The summed E-state index contributed by atoms with van der Waals surface area (Å²) in [5.41, 5.74) is -1.75. The van der Waals surface area contributed by atoms with Gasteiger partial charge in [0.25, 0.3) is 0 Å². The molecular weight excluding hydrogens is 200 g/mol. The molecule has 0 rings (SSSR count). The summed E-state index contributed by atoms with van der Waals surface area (Å²) in [5.74, 6) is 5.79. The third-order valence-electron chi connectivity index (χ3n) is 3.43. The Morgan fingerprint density at radius 2 is 1.75 bits per heavy atom. The zero-order valence-electron chi connectivity index (χ0n) is 11.3. The highest BCUT2D eigenvalue weighted by Crippen LogP contribution is 2.34. The van der Waals surface area contributed by atoms with Crippen molar-refractivity contribution in [2.24, 2.45) is 5.41 Å². The zero-order valence-corrected chi connectivity index (χ0v) is 11.3. The molecule has 0 aliphatic carbocycles. The molecule has 2 atom stereocenters. The van der Waals surface area contributed by atoms with Gasteiger partial charge in [-0.3, -0.25) is 0 Å². The molecule has 2 N–H and O–H groups in total. The Labute approximate surface area is 100 Å². The second kappa shape index (κ2) is 6.27. The molecule has 0 radical (unpaired) electrons. The van der Waals surface area contributed by atoms with Gasteiger partial charge in [-0.15, -0.1) is 5.92 Å². The van der Waals surface area contributed by atoms with Crippen LogP contribution in [0.15, 0.2) is 0 Å². The largest absolute Gasteiger partial charge is 0.390 e. The van der Waals surface area contributed by atoms with Gasteiger partial charge in [0.2, 0.25) is 0 Å². The van der Waals surface area contributed by atoms with Crippen molar-refractivity contribution < 1.29 is 10.2 Å². The predicted molar refractivity (Wildman–Crippen MR) is 68.0 cm³/mol. The smallest absolute Gasteiger partial charge is 0.104 e. The van der Waals surface area contributed by atoms with Crippen molar-refractivity contribution in [3.63, 3.8) is 0 Å². The van der Waals surface area contributed by atoms with Crippen LogP contribution in [0.5, 0.6) is 0 Å². The first-order chi connectivity index (χ1) is 7.29. The molecule has 0 aliphatic rings. The lowest BCUT2D eigenvalue weighted by molar-refractivity contribution is -0.118. The van der Waals surface area contributed by atoms with Crippen molar-refractivity contribution in [1.29, 1.82) is 0 Å². The van der Waals surface area contributed by atoms with E-state index in [0.29, 0.717) is 6.42 Å². The molecule has 0 amide bonds. The Morgan fingerprint density at radius 1 is 1.19 bits per heavy atom. The van der Waals surface area contributed by atoms with Crippen LogP contribution < -0.4 is 0 Å². The molecule has 0 bridgehead atoms. The number of hydrogen-bond acceptors (Lipinski definition) is 2. The molecule has 0 saturated carbocycles. The van der Waals surface area contributed by atoms with Crippen molar-refractivity contribution >= 4 is 0 Å². The van der Waals surface area contributed by atoms with Crippen molar-refractivity contribution in [3.8, 4) is 11.8 Å². The van der Waals surface area contributed by atoms with Crippen LogP contribution in [-0.2, 0) is 0 Å². The Morgan fingerprint density at radius 3 is 2.19 bits per heavy atom. The van der Waals surface area contributed by atoms with Gasteiger partial charge in [-0.1, -0.05) is 32.1 Å². The zero-order chi connectivity index (χ0) is 12.8. The number of hydrogen-bond donors (Lipinski definition) is 2. The van der Waals surface area contributed by atoms with Crippen molar-refractivity contribution in [2.45, 2.75) is 72.0 Å². The highest BCUT2D eigenvalue weighted by atomic mass is 16.3. The van der Waals surface area contributed by atoms with E-state index in [4.69, 9.17) is 0 Å². The van der Waals surface area contributed by atoms with Crippen molar-refractivity contribution in [1.82, 2.24) is 0 Å². The first kappa shape index (κ1) is 15.5. The minimum absolute atomic E-state index is 0.590. The summed E-state index contributed by atoms with van der Waals surface area (Å²) < 4.78 is 0. The van der Waals surface area contributed by atoms with Crippen LogP contribution in [-0.4, -0.2) is 21.9 Å². The standard InChI is InChI=1S/C14H26O2/c1-6-8-9-10-12(15)14(5,16)13(3,4)11-7-2/h12,15-16H,6,8-10H2,1-5H3. The maximum absolute atomic E-state index is 10.4. The molecule has 94 valence electrons. The number of rotatable bonds is 6. The third kappa shape index (κ3) is 3.81. The van der Waals surface area contributed by atoms with Crippen LogP contribution in [0.1, 0.15) is 60.3 Å². The number of unbranched alkanes of at least 4 members (excludes halogenated alkanes) is 2. The van der Waals surface area contributed by atoms with E-state index in [1.54, 1.807) is 13.8 Å². The summed E-state index contributed by atoms with van der Waals surface area (Å²) >= 11 is 0. The van der Waals surface area contributed by atoms with Crippen molar-refractivity contribution in [2.75, 3.05) is 0 Å². The molecule has 0 fully saturated rings. The van der Waals surface area contributed by atoms with E-state index in [-0.39, 0.29) is 0 Å². The van der Waals surface area contributed by atoms with Gasteiger partial charge in [0.15, 0.2) is 0 Å². The van der Waals surface area contributed by atoms with Gasteiger partial charge >= 0.3 is 0 Å². The molecule has 0 saturated heterocycles. The molecule has 0 aliphatic heterocycles. The monoisotopic (exact) mass is 226 g/mol. The highest BCUT2D eigenvalue weighted by Gasteiger charge is 2.43. The number of aliphatic hydroxyl groups excluding tert-OH is 1. The maximum Gasteiger partial charge on any atom is 0.104 e. The van der Waals surface area contributed by atoms with Gasteiger partial charge in [-0.25, -0.2) is 0 Å². The molecule has 0 aromatic carbocycles. The SMILES string of the molecule is CC#CC(C)(C)C(C)(O)C(O)CCCCC. The summed E-state index contributed by atoms with van der Waals surface area (Å²) in [6.45, 7) is 9.28. The van der Waals surface area contributed by atoms with Crippen LogP contribution in [0.2, 0.25) is 0 Å². The van der Waals surface area contributed by atoms with E-state index in [9.17, 15) is 10.2 Å². The second-order valence-corrected chi connectivity index (χ2v) is 5.16. The Bertz CT molecular complexity index is 256. The molecule has 2 heteroatoms. The Kier molecular flexibility index (Phi) is 6.07. The van der Waals surface area contributed by atoms with Gasteiger partial charge in [0.1, 0.15) is 5.60 Å². The summed E-state index contributed by atoms with van der Waals surface area (Å²) in [7, 11) is 0. The van der Waals surface area contributed by atoms with Gasteiger partial charge in [0.05, 0.1) is 11.5 Å². The molecular formula is C14H26O2. The maximum atomic E-state index is 10.4. The molecule has 2 nitrogen and oxygen atoms in total. The van der Waals surface area contributed by atoms with Crippen LogP contribution >= 0.6 is 0 Å². The minimum atomic E-state index is -1.16. The quantitative estimate of drug-likeness (QED) is 0.540. The predicted octanol–water partition coefficient (Wildman–Crippen LogP) is 2.73. The fourth-order valence-electron chi connectivity index (χ4n) is 1.72. The van der Waals surface area contributed by atoms with Crippen LogP contribution in [0, 0.1) is 17.3 Å². The summed E-state index contributed by atoms with van der Waals surface area (Å²) in [4.78, 5) is 0. The molecule has 16 heavy (non-hydrogen) atoms. The lowest BCUT2D eigenvalue weighted by atomic mass is 9.72.